The van der Waals surface area contributed by atoms with Crippen LogP contribution in [-0.4, -0.2) is 25.0 Å². The first-order valence-electron chi connectivity index (χ1n) is 9.19. The van der Waals surface area contributed by atoms with E-state index in [0.717, 1.165) is 23.4 Å². The second-order valence-electron chi connectivity index (χ2n) is 6.01. The van der Waals surface area contributed by atoms with E-state index in [1.807, 2.05) is 48.5 Å². The molecule has 0 heterocycles. The van der Waals surface area contributed by atoms with Crippen LogP contribution >= 0.6 is 12.2 Å². The first kappa shape index (κ1) is 20.7. The van der Waals surface area contributed by atoms with Crippen LogP contribution in [0.4, 0.5) is 5.69 Å². The summed E-state index contributed by atoms with van der Waals surface area (Å²) in [6.07, 6.45) is 6.38. The quantitative estimate of drug-likeness (QED) is 0.262. The number of thiocarbonyl (C=S) groups is 1. The van der Waals surface area contributed by atoms with Crippen molar-refractivity contribution < 1.29 is 9.47 Å². The minimum atomic E-state index is 0.427. The van der Waals surface area contributed by atoms with Crippen molar-refractivity contribution in [2.24, 2.45) is 5.10 Å². The third kappa shape index (κ3) is 7.66. The van der Waals surface area contributed by atoms with Gasteiger partial charge in [-0.05, 0) is 54.5 Å². The number of para-hydroxylation sites is 1. The lowest BCUT2D eigenvalue weighted by molar-refractivity contribution is 0.285. The van der Waals surface area contributed by atoms with Crippen LogP contribution < -0.4 is 20.2 Å². The second-order valence-corrected chi connectivity index (χ2v) is 6.42. The summed E-state index contributed by atoms with van der Waals surface area (Å²) in [5.74, 6) is 1.44. The Morgan fingerprint density at radius 2 is 1.89 bits per heavy atom. The molecular formula is C21H27N3O2S. The van der Waals surface area contributed by atoms with E-state index in [0.29, 0.717) is 17.5 Å². The summed E-state index contributed by atoms with van der Waals surface area (Å²) in [6, 6.07) is 15.4. The van der Waals surface area contributed by atoms with E-state index in [2.05, 4.69) is 22.8 Å². The van der Waals surface area contributed by atoms with E-state index in [-0.39, 0.29) is 0 Å². The number of rotatable bonds is 10. The Morgan fingerprint density at radius 1 is 1.07 bits per heavy atom. The van der Waals surface area contributed by atoms with Gasteiger partial charge in [-0.15, -0.1) is 0 Å². The monoisotopic (exact) mass is 385 g/mol. The molecule has 0 amide bonds. The average molecular weight is 386 g/mol. The Kier molecular flexibility index (Phi) is 9.13. The van der Waals surface area contributed by atoms with Crippen molar-refractivity contribution in [2.75, 3.05) is 19.0 Å². The SMILES string of the molecule is CCCCCCOc1ccc(/C=N/NC(=S)Nc2ccccc2)cc1OC. The van der Waals surface area contributed by atoms with Crippen molar-refractivity contribution in [3.8, 4) is 11.5 Å². The summed E-state index contributed by atoms with van der Waals surface area (Å²) in [7, 11) is 1.64. The van der Waals surface area contributed by atoms with Gasteiger partial charge in [0, 0.05) is 5.69 Å². The van der Waals surface area contributed by atoms with Gasteiger partial charge in [0.25, 0.3) is 0 Å². The Morgan fingerprint density at radius 3 is 2.63 bits per heavy atom. The van der Waals surface area contributed by atoms with E-state index in [1.165, 1.54) is 19.3 Å². The molecule has 0 aliphatic heterocycles. The van der Waals surface area contributed by atoms with E-state index < -0.39 is 0 Å². The van der Waals surface area contributed by atoms with Crippen molar-refractivity contribution in [2.45, 2.75) is 32.6 Å². The van der Waals surface area contributed by atoms with Crippen LogP contribution in [-0.2, 0) is 0 Å². The zero-order valence-corrected chi connectivity index (χ0v) is 16.7. The summed E-state index contributed by atoms with van der Waals surface area (Å²) in [6.45, 7) is 2.90. The van der Waals surface area contributed by atoms with Crippen molar-refractivity contribution in [1.82, 2.24) is 5.43 Å². The molecule has 0 bridgehead atoms. The maximum Gasteiger partial charge on any atom is 0.191 e. The van der Waals surface area contributed by atoms with E-state index >= 15 is 0 Å². The highest BCUT2D eigenvalue weighted by Gasteiger charge is 2.05. The number of hydrogen-bond donors (Lipinski definition) is 2. The van der Waals surface area contributed by atoms with Gasteiger partial charge in [-0.2, -0.15) is 5.10 Å². The summed E-state index contributed by atoms with van der Waals surface area (Å²) < 4.78 is 11.2. The molecule has 2 aromatic rings. The highest BCUT2D eigenvalue weighted by molar-refractivity contribution is 7.80. The van der Waals surface area contributed by atoms with Crippen molar-refractivity contribution in [3.63, 3.8) is 0 Å². The van der Waals surface area contributed by atoms with E-state index in [4.69, 9.17) is 21.7 Å². The number of nitrogens with zero attached hydrogens (tertiary/aromatic N) is 1. The van der Waals surface area contributed by atoms with Gasteiger partial charge in [-0.1, -0.05) is 44.4 Å². The normalized spacial score (nSPS) is 10.6. The van der Waals surface area contributed by atoms with Gasteiger partial charge in [0.1, 0.15) is 0 Å². The molecule has 5 nitrogen and oxygen atoms in total. The van der Waals surface area contributed by atoms with Crippen molar-refractivity contribution in [3.05, 3.63) is 54.1 Å². The van der Waals surface area contributed by atoms with E-state index in [9.17, 15) is 0 Å². The second kappa shape index (κ2) is 11.9. The molecule has 0 fully saturated rings. The van der Waals surface area contributed by atoms with Crippen LogP contribution in [0.15, 0.2) is 53.6 Å². The molecule has 0 radical (unpaired) electrons. The molecular weight excluding hydrogens is 358 g/mol. The Balaban J connectivity index is 1.85. The summed E-state index contributed by atoms with van der Waals surface area (Å²) in [5, 5.41) is 7.65. The lowest BCUT2D eigenvalue weighted by atomic mass is 10.2. The zero-order chi connectivity index (χ0) is 19.3. The number of methoxy groups -OCH3 is 1. The molecule has 6 heteroatoms. The Hall–Kier alpha value is -2.60. The van der Waals surface area contributed by atoms with Crippen molar-refractivity contribution >= 4 is 29.2 Å². The van der Waals surface area contributed by atoms with E-state index in [1.54, 1.807) is 13.3 Å². The number of anilines is 1. The van der Waals surface area contributed by atoms with Gasteiger partial charge in [0.15, 0.2) is 16.6 Å². The predicted molar refractivity (Wildman–Crippen MR) is 116 cm³/mol. The first-order valence-corrected chi connectivity index (χ1v) is 9.59. The zero-order valence-electron chi connectivity index (χ0n) is 15.9. The third-order valence-electron chi connectivity index (χ3n) is 3.85. The molecule has 0 saturated heterocycles. The lowest BCUT2D eigenvalue weighted by Gasteiger charge is -2.11. The third-order valence-corrected chi connectivity index (χ3v) is 4.05. The number of hydrogen-bond acceptors (Lipinski definition) is 4. The molecule has 0 atom stereocenters. The van der Waals surface area contributed by atoms with Gasteiger partial charge < -0.3 is 14.8 Å². The number of nitrogens with one attached hydrogen (secondary N) is 2. The molecule has 2 N–H and O–H groups in total. The predicted octanol–water partition coefficient (Wildman–Crippen LogP) is 4.97. The van der Waals surface area contributed by atoms with Crippen LogP contribution in [0.2, 0.25) is 0 Å². The van der Waals surface area contributed by atoms with Crippen LogP contribution in [0.3, 0.4) is 0 Å². The number of hydrazone groups is 1. The first-order chi connectivity index (χ1) is 13.2. The van der Waals surface area contributed by atoms with Crippen LogP contribution in [0, 0.1) is 0 Å². The molecule has 0 saturated carbocycles. The summed E-state index contributed by atoms with van der Waals surface area (Å²) in [5.41, 5.74) is 4.60. The smallest absolute Gasteiger partial charge is 0.191 e. The molecule has 144 valence electrons. The molecule has 0 spiro atoms. The minimum Gasteiger partial charge on any atom is -0.493 e. The van der Waals surface area contributed by atoms with Crippen molar-refractivity contribution in [1.29, 1.82) is 0 Å². The molecule has 2 rings (SSSR count). The standard InChI is InChI=1S/C21H27N3O2S/c1-3-4-5-9-14-26-19-13-12-17(15-20(19)25-2)16-22-24-21(27)23-18-10-7-6-8-11-18/h6-8,10-13,15-16H,3-5,9,14H2,1-2H3,(H2,23,24,27)/b22-16+. The number of unbranched alkanes of at least 4 members (excludes halogenated alkanes) is 3. The molecule has 27 heavy (non-hydrogen) atoms. The Bertz CT molecular complexity index is 735. The molecule has 0 unspecified atom stereocenters. The van der Waals surface area contributed by atoms with Gasteiger partial charge in [0.2, 0.25) is 0 Å². The van der Waals surface area contributed by atoms with Crippen LogP contribution in [0.5, 0.6) is 11.5 Å². The van der Waals surface area contributed by atoms with Gasteiger partial charge in [0.05, 0.1) is 19.9 Å². The highest BCUT2D eigenvalue weighted by Crippen LogP contribution is 2.27. The van der Waals surface area contributed by atoms with Gasteiger partial charge in [-0.3, -0.25) is 5.43 Å². The molecule has 0 aliphatic carbocycles. The molecule has 0 aromatic heterocycles. The minimum absolute atomic E-state index is 0.427. The fourth-order valence-corrected chi connectivity index (χ4v) is 2.61. The average Bonchev–Trinajstić information content (AvgIpc) is 2.69. The van der Waals surface area contributed by atoms with Gasteiger partial charge >= 0.3 is 0 Å². The number of benzene rings is 2. The summed E-state index contributed by atoms with van der Waals surface area (Å²) >= 11 is 5.22. The number of ether oxygens (including phenoxy) is 2. The lowest BCUT2D eigenvalue weighted by Crippen LogP contribution is -2.23. The van der Waals surface area contributed by atoms with Gasteiger partial charge in [-0.25, -0.2) is 0 Å². The fraction of sp³-hybridized carbons (Fsp3) is 0.333. The highest BCUT2D eigenvalue weighted by atomic mass is 32.1. The maximum atomic E-state index is 5.82. The molecule has 0 aliphatic rings. The van der Waals surface area contributed by atoms with Crippen LogP contribution in [0.1, 0.15) is 38.2 Å². The fourth-order valence-electron chi connectivity index (χ4n) is 2.44. The topological polar surface area (TPSA) is 54.9 Å². The maximum absolute atomic E-state index is 5.82. The van der Waals surface area contributed by atoms with Crippen LogP contribution in [0.25, 0.3) is 0 Å². The largest absolute Gasteiger partial charge is 0.493 e. The Labute approximate surface area is 166 Å². The summed E-state index contributed by atoms with van der Waals surface area (Å²) in [4.78, 5) is 0. The molecule has 2 aromatic carbocycles.